The van der Waals surface area contributed by atoms with Crippen molar-refractivity contribution >= 4 is 6.03 Å². The molecule has 0 aliphatic rings. The summed E-state index contributed by atoms with van der Waals surface area (Å²) in [5.41, 5.74) is 0.526. The molecule has 0 saturated carbocycles. The molecule has 2 amide bonds. The van der Waals surface area contributed by atoms with Gasteiger partial charge in [0.05, 0.1) is 0 Å². The molecule has 0 bridgehead atoms. The van der Waals surface area contributed by atoms with Gasteiger partial charge in [-0.15, -0.1) is 0 Å². The minimum Gasteiger partial charge on any atom is -0.338 e. The second-order valence-corrected chi connectivity index (χ2v) is 4.07. The molecule has 0 radical (unpaired) electrons. The molecule has 1 aromatic carbocycles. The molecular weight excluding hydrogens is 238 g/mol. The lowest BCUT2D eigenvalue weighted by atomic mass is 10.2. The number of nitrogens with one attached hydrogen (secondary N) is 2. The van der Waals surface area contributed by atoms with Crippen molar-refractivity contribution in [3.63, 3.8) is 0 Å². The van der Waals surface area contributed by atoms with Crippen LogP contribution in [0.1, 0.15) is 31.7 Å². The molecule has 0 atom stereocenters. The van der Waals surface area contributed by atoms with Gasteiger partial charge < -0.3 is 10.6 Å². The Morgan fingerprint density at radius 3 is 2.61 bits per heavy atom. The standard InChI is InChI=1S/C13H18F2N2O/c1-2-3-4-7-16-13(18)17-9-10-5-6-11(14)12(15)8-10/h5-6,8H,2-4,7,9H2,1H3,(H2,16,17,18). The molecule has 1 aromatic rings. The summed E-state index contributed by atoms with van der Waals surface area (Å²) in [4.78, 5) is 11.3. The van der Waals surface area contributed by atoms with Crippen molar-refractivity contribution in [2.24, 2.45) is 0 Å². The largest absolute Gasteiger partial charge is 0.338 e. The molecule has 0 fully saturated rings. The number of unbranched alkanes of at least 4 members (excludes halogenated alkanes) is 2. The van der Waals surface area contributed by atoms with Gasteiger partial charge in [0, 0.05) is 13.1 Å². The van der Waals surface area contributed by atoms with Crippen LogP contribution in [0, 0.1) is 11.6 Å². The lowest BCUT2D eigenvalue weighted by molar-refractivity contribution is 0.240. The molecule has 5 heteroatoms. The van der Waals surface area contributed by atoms with Crippen LogP contribution in [-0.4, -0.2) is 12.6 Å². The predicted molar refractivity (Wildman–Crippen MR) is 66.1 cm³/mol. The van der Waals surface area contributed by atoms with Crippen molar-refractivity contribution in [3.8, 4) is 0 Å². The summed E-state index contributed by atoms with van der Waals surface area (Å²) in [7, 11) is 0. The second-order valence-electron chi connectivity index (χ2n) is 4.07. The number of halogens is 2. The topological polar surface area (TPSA) is 41.1 Å². The van der Waals surface area contributed by atoms with Crippen molar-refractivity contribution in [2.75, 3.05) is 6.54 Å². The van der Waals surface area contributed by atoms with Crippen LogP contribution in [0.5, 0.6) is 0 Å². The van der Waals surface area contributed by atoms with Gasteiger partial charge in [-0.2, -0.15) is 0 Å². The van der Waals surface area contributed by atoms with Crippen LogP contribution in [0.25, 0.3) is 0 Å². The summed E-state index contributed by atoms with van der Waals surface area (Å²) in [6.07, 6.45) is 3.11. The highest BCUT2D eigenvalue weighted by Crippen LogP contribution is 2.08. The molecule has 0 aliphatic heterocycles. The number of rotatable bonds is 6. The monoisotopic (exact) mass is 256 g/mol. The number of hydrogen-bond donors (Lipinski definition) is 2. The highest BCUT2D eigenvalue weighted by molar-refractivity contribution is 5.73. The molecule has 2 N–H and O–H groups in total. The molecule has 0 aromatic heterocycles. The van der Waals surface area contributed by atoms with E-state index in [4.69, 9.17) is 0 Å². The number of urea groups is 1. The lowest BCUT2D eigenvalue weighted by Crippen LogP contribution is -2.35. The summed E-state index contributed by atoms with van der Waals surface area (Å²) in [5.74, 6) is -1.79. The number of carbonyl (C=O) groups excluding carboxylic acids is 1. The highest BCUT2D eigenvalue weighted by atomic mass is 19.2. The minimum absolute atomic E-state index is 0.177. The number of amides is 2. The Bertz CT molecular complexity index is 397. The Hall–Kier alpha value is -1.65. The van der Waals surface area contributed by atoms with E-state index in [0.29, 0.717) is 12.1 Å². The Morgan fingerprint density at radius 1 is 1.17 bits per heavy atom. The summed E-state index contributed by atoms with van der Waals surface area (Å²) >= 11 is 0. The van der Waals surface area contributed by atoms with Crippen molar-refractivity contribution in [1.29, 1.82) is 0 Å². The fraction of sp³-hybridized carbons (Fsp3) is 0.462. The third-order valence-electron chi connectivity index (χ3n) is 2.50. The second kappa shape index (κ2) is 7.63. The molecule has 100 valence electrons. The van der Waals surface area contributed by atoms with Crippen LogP contribution >= 0.6 is 0 Å². The first-order chi connectivity index (χ1) is 8.63. The normalized spacial score (nSPS) is 10.2. The zero-order valence-corrected chi connectivity index (χ0v) is 10.4. The molecule has 0 aliphatic carbocycles. The minimum atomic E-state index is -0.905. The van der Waals surface area contributed by atoms with Crippen molar-refractivity contribution in [2.45, 2.75) is 32.7 Å². The predicted octanol–water partition coefficient (Wildman–Crippen LogP) is 2.95. The van der Waals surface area contributed by atoms with E-state index >= 15 is 0 Å². The number of hydrogen-bond acceptors (Lipinski definition) is 1. The van der Waals surface area contributed by atoms with E-state index in [1.807, 2.05) is 0 Å². The summed E-state index contributed by atoms with van der Waals surface area (Å²) in [6.45, 7) is 2.89. The average Bonchev–Trinajstić information content (AvgIpc) is 2.36. The van der Waals surface area contributed by atoms with Gasteiger partial charge in [0.1, 0.15) is 0 Å². The molecule has 1 rings (SSSR count). The van der Waals surface area contributed by atoms with Crippen LogP contribution in [0.2, 0.25) is 0 Å². The van der Waals surface area contributed by atoms with Crippen molar-refractivity contribution < 1.29 is 13.6 Å². The maximum atomic E-state index is 12.9. The third-order valence-corrected chi connectivity index (χ3v) is 2.50. The smallest absolute Gasteiger partial charge is 0.315 e. The fourth-order valence-electron chi connectivity index (χ4n) is 1.47. The SMILES string of the molecule is CCCCCNC(=O)NCc1ccc(F)c(F)c1. The first-order valence-electron chi connectivity index (χ1n) is 6.09. The van der Waals surface area contributed by atoms with Crippen LogP contribution < -0.4 is 10.6 Å². The first-order valence-corrected chi connectivity index (χ1v) is 6.09. The zero-order valence-electron chi connectivity index (χ0n) is 10.4. The zero-order chi connectivity index (χ0) is 13.4. The van der Waals surface area contributed by atoms with Gasteiger partial charge in [0.2, 0.25) is 0 Å². The van der Waals surface area contributed by atoms with Crippen LogP contribution in [0.4, 0.5) is 13.6 Å². The molecule has 0 saturated heterocycles. The summed E-state index contributed by atoms with van der Waals surface area (Å²) < 4.78 is 25.5. The van der Waals surface area contributed by atoms with Gasteiger partial charge in [0.25, 0.3) is 0 Å². The molecule has 0 heterocycles. The van der Waals surface area contributed by atoms with E-state index in [-0.39, 0.29) is 12.6 Å². The maximum Gasteiger partial charge on any atom is 0.315 e. The van der Waals surface area contributed by atoms with E-state index in [1.54, 1.807) is 0 Å². The van der Waals surface area contributed by atoms with E-state index in [2.05, 4.69) is 17.6 Å². The van der Waals surface area contributed by atoms with Gasteiger partial charge in [-0.1, -0.05) is 25.8 Å². The van der Waals surface area contributed by atoms with Gasteiger partial charge >= 0.3 is 6.03 Å². The Labute approximate surface area is 106 Å². The number of carbonyl (C=O) groups is 1. The van der Waals surface area contributed by atoms with E-state index in [1.165, 1.54) is 6.07 Å². The van der Waals surface area contributed by atoms with Gasteiger partial charge in [0.15, 0.2) is 11.6 Å². The third kappa shape index (κ3) is 5.12. The molecule has 18 heavy (non-hydrogen) atoms. The fourth-order valence-corrected chi connectivity index (χ4v) is 1.47. The van der Waals surface area contributed by atoms with Crippen LogP contribution in [0.15, 0.2) is 18.2 Å². The molecule has 0 unspecified atom stereocenters. The van der Waals surface area contributed by atoms with E-state index in [9.17, 15) is 13.6 Å². The summed E-state index contributed by atoms with van der Waals surface area (Å²) in [5, 5.41) is 5.28. The van der Waals surface area contributed by atoms with Crippen molar-refractivity contribution in [1.82, 2.24) is 10.6 Å². The van der Waals surface area contributed by atoms with Gasteiger partial charge in [-0.05, 0) is 24.1 Å². The van der Waals surface area contributed by atoms with Crippen LogP contribution in [-0.2, 0) is 6.54 Å². The average molecular weight is 256 g/mol. The van der Waals surface area contributed by atoms with Crippen molar-refractivity contribution in [3.05, 3.63) is 35.4 Å². The molecular formula is C13H18F2N2O. The highest BCUT2D eigenvalue weighted by Gasteiger charge is 2.04. The van der Waals surface area contributed by atoms with Crippen LogP contribution in [0.3, 0.4) is 0 Å². The van der Waals surface area contributed by atoms with E-state index < -0.39 is 11.6 Å². The van der Waals surface area contributed by atoms with Gasteiger partial charge in [-0.3, -0.25) is 0 Å². The van der Waals surface area contributed by atoms with Gasteiger partial charge in [-0.25, -0.2) is 13.6 Å². The Kier molecular flexibility index (Phi) is 6.11. The molecule has 3 nitrogen and oxygen atoms in total. The maximum absolute atomic E-state index is 12.9. The number of benzene rings is 1. The van der Waals surface area contributed by atoms with E-state index in [0.717, 1.165) is 31.4 Å². The Balaban J connectivity index is 2.27. The first kappa shape index (κ1) is 14.4. The molecule has 0 spiro atoms. The summed E-state index contributed by atoms with van der Waals surface area (Å²) in [6, 6.07) is 3.27. The quantitative estimate of drug-likeness (QED) is 0.755. The lowest BCUT2D eigenvalue weighted by Gasteiger charge is -2.07. The Morgan fingerprint density at radius 2 is 1.94 bits per heavy atom.